The second-order valence-corrected chi connectivity index (χ2v) is 5.77. The van der Waals surface area contributed by atoms with E-state index in [4.69, 9.17) is 16.7 Å². The Bertz CT molecular complexity index is 671. The van der Waals surface area contributed by atoms with Gasteiger partial charge in [0.05, 0.1) is 11.4 Å². The van der Waals surface area contributed by atoms with Crippen molar-refractivity contribution in [1.82, 2.24) is 20.3 Å². The Labute approximate surface area is 134 Å². The molecule has 0 aliphatic rings. The molecule has 118 valence electrons. The van der Waals surface area contributed by atoms with Crippen LogP contribution in [0.4, 0.5) is 0 Å². The van der Waals surface area contributed by atoms with Crippen molar-refractivity contribution in [2.75, 3.05) is 6.61 Å². The summed E-state index contributed by atoms with van der Waals surface area (Å²) in [5, 5.41) is 20.5. The van der Waals surface area contributed by atoms with Crippen molar-refractivity contribution in [2.45, 2.75) is 26.8 Å². The topological polar surface area (TPSA) is 80.0 Å². The Balaban J connectivity index is 2.22. The van der Waals surface area contributed by atoms with Crippen molar-refractivity contribution in [3.05, 3.63) is 40.7 Å². The van der Waals surface area contributed by atoms with Crippen LogP contribution < -0.4 is 5.32 Å². The summed E-state index contributed by atoms with van der Waals surface area (Å²) in [6, 6.07) is 7.01. The molecular formula is C15H19ClN4O2. The third-order valence-corrected chi connectivity index (χ3v) is 3.90. The molecule has 2 rings (SSSR count). The van der Waals surface area contributed by atoms with Gasteiger partial charge in [0.2, 0.25) is 0 Å². The highest BCUT2D eigenvalue weighted by Gasteiger charge is 2.21. The van der Waals surface area contributed by atoms with E-state index in [0.717, 1.165) is 5.69 Å². The number of halogens is 1. The standard InChI is InChI=1S/C15H19ClN4O2/c1-9(8-21)10(2)17-15(22)14-11(3)20(19-18-14)13-6-4-5-12(16)7-13/h4-7,9-10,21H,8H2,1-3H3,(H,17,22). The van der Waals surface area contributed by atoms with Gasteiger partial charge in [-0.2, -0.15) is 0 Å². The third-order valence-electron chi connectivity index (χ3n) is 3.66. The highest BCUT2D eigenvalue weighted by atomic mass is 35.5. The van der Waals surface area contributed by atoms with Crippen LogP contribution in [-0.2, 0) is 0 Å². The van der Waals surface area contributed by atoms with Crippen LogP contribution in [0.25, 0.3) is 5.69 Å². The van der Waals surface area contributed by atoms with E-state index in [1.807, 2.05) is 26.0 Å². The van der Waals surface area contributed by atoms with Crippen molar-refractivity contribution in [2.24, 2.45) is 5.92 Å². The Kier molecular flexibility index (Phi) is 5.15. The monoisotopic (exact) mass is 322 g/mol. The maximum atomic E-state index is 12.3. The van der Waals surface area contributed by atoms with Crippen molar-refractivity contribution in [3.8, 4) is 5.69 Å². The number of aliphatic hydroxyl groups is 1. The van der Waals surface area contributed by atoms with Crippen LogP contribution in [0.2, 0.25) is 5.02 Å². The van der Waals surface area contributed by atoms with Crippen molar-refractivity contribution in [3.63, 3.8) is 0 Å². The van der Waals surface area contributed by atoms with Gasteiger partial charge in [0.15, 0.2) is 5.69 Å². The smallest absolute Gasteiger partial charge is 0.273 e. The normalized spacial score (nSPS) is 13.7. The second kappa shape index (κ2) is 6.89. The molecule has 0 fully saturated rings. The number of hydrogen-bond donors (Lipinski definition) is 2. The number of aromatic nitrogens is 3. The molecule has 0 aliphatic carbocycles. The number of nitrogens with one attached hydrogen (secondary N) is 1. The molecule has 0 spiro atoms. The third kappa shape index (κ3) is 3.45. The van der Waals surface area contributed by atoms with Gasteiger partial charge in [-0.1, -0.05) is 29.8 Å². The van der Waals surface area contributed by atoms with Crippen molar-refractivity contribution >= 4 is 17.5 Å². The zero-order valence-corrected chi connectivity index (χ0v) is 13.5. The Morgan fingerprint density at radius 2 is 2.18 bits per heavy atom. The van der Waals surface area contributed by atoms with Crippen molar-refractivity contribution < 1.29 is 9.90 Å². The van der Waals surface area contributed by atoms with Crippen molar-refractivity contribution in [1.29, 1.82) is 0 Å². The summed E-state index contributed by atoms with van der Waals surface area (Å²) >= 11 is 5.97. The lowest BCUT2D eigenvalue weighted by atomic mass is 10.1. The first-order valence-corrected chi connectivity index (χ1v) is 7.41. The fourth-order valence-electron chi connectivity index (χ4n) is 1.97. The summed E-state index contributed by atoms with van der Waals surface area (Å²) in [5.41, 5.74) is 1.63. The molecule has 6 nitrogen and oxygen atoms in total. The van der Waals surface area contributed by atoms with E-state index in [2.05, 4.69) is 15.6 Å². The number of amides is 1. The van der Waals surface area contributed by atoms with E-state index in [0.29, 0.717) is 10.7 Å². The summed E-state index contributed by atoms with van der Waals surface area (Å²) in [6.07, 6.45) is 0. The van der Waals surface area contributed by atoms with Crippen LogP contribution >= 0.6 is 11.6 Å². The molecule has 0 radical (unpaired) electrons. The predicted octanol–water partition coefficient (Wildman–Crippen LogP) is 1.98. The van der Waals surface area contributed by atoms with Gasteiger partial charge in [0.25, 0.3) is 5.91 Å². The van der Waals surface area contributed by atoms with Crippen LogP contribution in [0.5, 0.6) is 0 Å². The zero-order valence-electron chi connectivity index (χ0n) is 12.7. The van der Waals surface area contributed by atoms with Gasteiger partial charge in [-0.05, 0) is 38.0 Å². The van der Waals surface area contributed by atoms with E-state index < -0.39 is 0 Å². The number of carbonyl (C=O) groups excluding carboxylic acids is 1. The van der Waals surface area contributed by atoms with Gasteiger partial charge < -0.3 is 10.4 Å². The van der Waals surface area contributed by atoms with Gasteiger partial charge in [-0.3, -0.25) is 4.79 Å². The van der Waals surface area contributed by atoms with E-state index in [1.165, 1.54) is 0 Å². The number of hydrogen-bond acceptors (Lipinski definition) is 4. The lowest BCUT2D eigenvalue weighted by Crippen LogP contribution is -2.38. The Morgan fingerprint density at radius 3 is 2.82 bits per heavy atom. The van der Waals surface area contributed by atoms with Crippen LogP contribution in [0.1, 0.15) is 30.0 Å². The van der Waals surface area contributed by atoms with E-state index in [-0.39, 0.29) is 30.2 Å². The molecular weight excluding hydrogens is 304 g/mol. The SMILES string of the molecule is Cc1c(C(=O)NC(C)C(C)CO)nnn1-c1cccc(Cl)c1. The minimum Gasteiger partial charge on any atom is -0.396 e. The number of aliphatic hydroxyl groups excluding tert-OH is 1. The van der Waals surface area contributed by atoms with E-state index >= 15 is 0 Å². The quantitative estimate of drug-likeness (QED) is 0.882. The van der Waals surface area contributed by atoms with Gasteiger partial charge >= 0.3 is 0 Å². The largest absolute Gasteiger partial charge is 0.396 e. The van der Waals surface area contributed by atoms with Crippen LogP contribution in [0.3, 0.4) is 0 Å². The summed E-state index contributed by atoms with van der Waals surface area (Å²) < 4.78 is 1.57. The van der Waals surface area contributed by atoms with E-state index in [9.17, 15) is 4.79 Å². The number of carbonyl (C=O) groups is 1. The fraction of sp³-hybridized carbons (Fsp3) is 0.400. The van der Waals surface area contributed by atoms with Gasteiger partial charge in [-0.15, -0.1) is 5.10 Å². The fourth-order valence-corrected chi connectivity index (χ4v) is 2.15. The molecule has 2 unspecified atom stereocenters. The average Bonchev–Trinajstić information content (AvgIpc) is 2.88. The zero-order chi connectivity index (χ0) is 16.3. The first-order valence-electron chi connectivity index (χ1n) is 7.04. The molecule has 2 N–H and O–H groups in total. The molecule has 22 heavy (non-hydrogen) atoms. The summed E-state index contributed by atoms with van der Waals surface area (Å²) in [4.78, 5) is 12.3. The average molecular weight is 323 g/mol. The first kappa shape index (κ1) is 16.5. The maximum absolute atomic E-state index is 12.3. The molecule has 0 saturated carbocycles. The highest BCUT2D eigenvalue weighted by Crippen LogP contribution is 2.17. The Hall–Kier alpha value is -1.92. The molecule has 1 amide bonds. The molecule has 1 aromatic heterocycles. The minimum atomic E-state index is -0.307. The highest BCUT2D eigenvalue weighted by molar-refractivity contribution is 6.30. The van der Waals surface area contributed by atoms with Gasteiger partial charge in [0.1, 0.15) is 0 Å². The summed E-state index contributed by atoms with van der Waals surface area (Å²) in [6.45, 7) is 5.49. The molecule has 1 aromatic carbocycles. The lowest BCUT2D eigenvalue weighted by molar-refractivity contribution is 0.0910. The molecule has 2 aromatic rings. The maximum Gasteiger partial charge on any atom is 0.273 e. The molecule has 0 saturated heterocycles. The van der Waals surface area contributed by atoms with Gasteiger partial charge in [0, 0.05) is 17.7 Å². The van der Waals surface area contributed by atoms with Crippen LogP contribution in [-0.4, -0.2) is 38.7 Å². The number of rotatable bonds is 5. The lowest BCUT2D eigenvalue weighted by Gasteiger charge is -2.18. The number of benzene rings is 1. The summed E-state index contributed by atoms with van der Waals surface area (Å²) in [5.74, 6) is -0.342. The molecule has 0 bridgehead atoms. The van der Waals surface area contributed by atoms with Gasteiger partial charge in [-0.25, -0.2) is 4.68 Å². The summed E-state index contributed by atoms with van der Waals surface area (Å²) in [7, 11) is 0. The van der Waals surface area contributed by atoms with Crippen LogP contribution in [0.15, 0.2) is 24.3 Å². The molecule has 1 heterocycles. The molecule has 0 aliphatic heterocycles. The predicted molar refractivity (Wildman–Crippen MR) is 84.3 cm³/mol. The van der Waals surface area contributed by atoms with Crippen LogP contribution in [0, 0.1) is 12.8 Å². The first-order chi connectivity index (χ1) is 10.4. The minimum absolute atomic E-state index is 0.00956. The Morgan fingerprint density at radius 1 is 1.45 bits per heavy atom. The second-order valence-electron chi connectivity index (χ2n) is 5.34. The molecule has 2 atom stereocenters. The van der Waals surface area contributed by atoms with E-state index in [1.54, 1.807) is 23.7 Å². The molecule has 7 heteroatoms. The number of nitrogens with zero attached hydrogens (tertiary/aromatic N) is 3.